The number of alkyl halides is 2. The number of aliphatic hydroxyl groups excluding tert-OH is 1. The molecule has 0 spiro atoms. The molecule has 0 aromatic heterocycles. The van der Waals surface area contributed by atoms with Gasteiger partial charge < -0.3 is 10.4 Å². The van der Waals surface area contributed by atoms with Gasteiger partial charge in [0.1, 0.15) is 6.10 Å². The molecule has 3 nitrogen and oxygen atoms in total. The molecule has 1 aromatic carbocycles. The van der Waals surface area contributed by atoms with Gasteiger partial charge in [0.2, 0.25) is 0 Å². The van der Waals surface area contributed by atoms with Gasteiger partial charge in [-0.3, -0.25) is 4.79 Å². The number of amides is 1. The van der Waals surface area contributed by atoms with E-state index in [4.69, 9.17) is 5.11 Å². The zero-order valence-electron chi connectivity index (χ0n) is 9.71. The van der Waals surface area contributed by atoms with E-state index < -0.39 is 25.0 Å². The average molecular weight is 243 g/mol. The van der Waals surface area contributed by atoms with E-state index in [1.54, 1.807) is 19.1 Å². The maximum absolute atomic E-state index is 12.0. The summed E-state index contributed by atoms with van der Waals surface area (Å²) in [6.07, 6.45) is -4.68. The van der Waals surface area contributed by atoms with Gasteiger partial charge in [-0.2, -0.15) is 0 Å². The Morgan fingerprint density at radius 1 is 1.41 bits per heavy atom. The summed E-state index contributed by atoms with van der Waals surface area (Å²) >= 11 is 0. The first kappa shape index (κ1) is 13.6. The number of aliphatic hydroxyl groups is 1. The smallest absolute Gasteiger partial charge is 0.265 e. The number of aryl methyl sites for hydroxylation is 1. The van der Waals surface area contributed by atoms with E-state index in [1.165, 1.54) is 0 Å². The molecule has 0 saturated heterocycles. The van der Waals surface area contributed by atoms with Crippen LogP contribution in [0, 0.1) is 13.8 Å². The minimum absolute atomic E-state index is 0.437. The van der Waals surface area contributed by atoms with E-state index in [2.05, 4.69) is 5.32 Å². The van der Waals surface area contributed by atoms with Gasteiger partial charge in [0.25, 0.3) is 12.3 Å². The maximum Gasteiger partial charge on any atom is 0.265 e. The van der Waals surface area contributed by atoms with Gasteiger partial charge in [0.05, 0.1) is 0 Å². The summed E-state index contributed by atoms with van der Waals surface area (Å²) in [5.74, 6) is -0.453. The first-order valence-electron chi connectivity index (χ1n) is 5.24. The Morgan fingerprint density at radius 2 is 2.06 bits per heavy atom. The predicted octanol–water partition coefficient (Wildman–Crippen LogP) is 1.66. The molecule has 0 fully saturated rings. The minimum atomic E-state index is -2.85. The zero-order chi connectivity index (χ0) is 13.0. The first-order valence-corrected chi connectivity index (χ1v) is 5.24. The van der Waals surface area contributed by atoms with Crippen LogP contribution in [0.15, 0.2) is 18.2 Å². The molecule has 1 atom stereocenters. The highest BCUT2D eigenvalue weighted by Gasteiger charge is 2.18. The molecular formula is C12H15F2NO2. The Hall–Kier alpha value is -1.49. The number of nitrogens with one attached hydrogen (secondary N) is 1. The Kier molecular flexibility index (Phi) is 4.57. The molecule has 0 heterocycles. The summed E-state index contributed by atoms with van der Waals surface area (Å²) in [7, 11) is 0. The number of benzene rings is 1. The lowest BCUT2D eigenvalue weighted by atomic mass is 10.0. The molecular weight excluding hydrogens is 228 g/mol. The van der Waals surface area contributed by atoms with Crippen LogP contribution < -0.4 is 5.32 Å². The van der Waals surface area contributed by atoms with Crippen LogP contribution in [-0.4, -0.2) is 30.1 Å². The Bertz CT molecular complexity index is 407. The molecule has 2 N–H and O–H groups in total. The van der Waals surface area contributed by atoms with E-state index in [0.29, 0.717) is 5.56 Å². The second kappa shape index (κ2) is 5.72. The molecule has 5 heteroatoms. The Labute approximate surface area is 98.5 Å². The second-order valence-corrected chi connectivity index (χ2v) is 3.86. The summed E-state index contributed by atoms with van der Waals surface area (Å²) in [5, 5.41) is 11.2. The van der Waals surface area contributed by atoms with Crippen LogP contribution in [-0.2, 0) is 0 Å². The normalized spacial score (nSPS) is 12.6. The lowest BCUT2D eigenvalue weighted by Crippen LogP contribution is -2.36. The number of carbonyl (C=O) groups is 1. The largest absolute Gasteiger partial charge is 0.385 e. The van der Waals surface area contributed by atoms with E-state index in [-0.39, 0.29) is 0 Å². The third-order valence-electron chi connectivity index (χ3n) is 2.61. The highest BCUT2D eigenvalue weighted by atomic mass is 19.3. The fraction of sp³-hybridized carbons (Fsp3) is 0.417. The van der Waals surface area contributed by atoms with Gasteiger partial charge >= 0.3 is 0 Å². The summed E-state index contributed by atoms with van der Waals surface area (Å²) in [6.45, 7) is 3.19. The van der Waals surface area contributed by atoms with Crippen molar-refractivity contribution in [2.24, 2.45) is 0 Å². The number of hydrogen-bond acceptors (Lipinski definition) is 2. The third-order valence-corrected chi connectivity index (χ3v) is 2.61. The molecule has 0 aliphatic rings. The fourth-order valence-electron chi connectivity index (χ4n) is 1.38. The van der Waals surface area contributed by atoms with E-state index in [9.17, 15) is 13.6 Å². The summed E-state index contributed by atoms with van der Waals surface area (Å²) in [4.78, 5) is 11.7. The van der Waals surface area contributed by atoms with Gasteiger partial charge in [-0.05, 0) is 31.0 Å². The molecule has 0 aliphatic heterocycles. The van der Waals surface area contributed by atoms with Crippen molar-refractivity contribution in [3.8, 4) is 0 Å². The standard InChI is InChI=1S/C12H15F2NO2/c1-7-4-3-5-9(8(7)2)12(17)15-6-10(16)11(13)14/h3-5,10-11,16H,6H2,1-2H3,(H,15,17). The van der Waals surface area contributed by atoms with Crippen LogP contribution in [0.4, 0.5) is 8.78 Å². The lowest BCUT2D eigenvalue weighted by molar-refractivity contribution is -0.00270. The molecule has 0 bridgehead atoms. The monoisotopic (exact) mass is 243 g/mol. The molecule has 0 aliphatic carbocycles. The fourth-order valence-corrected chi connectivity index (χ4v) is 1.38. The Morgan fingerprint density at radius 3 is 2.65 bits per heavy atom. The van der Waals surface area contributed by atoms with Crippen molar-refractivity contribution in [1.29, 1.82) is 0 Å². The molecule has 1 unspecified atom stereocenters. The molecule has 1 aromatic rings. The number of rotatable bonds is 4. The lowest BCUT2D eigenvalue weighted by Gasteiger charge is -2.12. The molecule has 17 heavy (non-hydrogen) atoms. The van der Waals surface area contributed by atoms with Gasteiger partial charge in [-0.15, -0.1) is 0 Å². The topological polar surface area (TPSA) is 49.3 Å². The van der Waals surface area contributed by atoms with Crippen molar-refractivity contribution in [3.63, 3.8) is 0 Å². The average Bonchev–Trinajstić information content (AvgIpc) is 2.29. The quantitative estimate of drug-likeness (QED) is 0.845. The zero-order valence-corrected chi connectivity index (χ0v) is 9.71. The minimum Gasteiger partial charge on any atom is -0.385 e. The van der Waals surface area contributed by atoms with E-state index >= 15 is 0 Å². The number of hydrogen-bond donors (Lipinski definition) is 2. The van der Waals surface area contributed by atoms with Gasteiger partial charge in [0, 0.05) is 12.1 Å². The summed E-state index contributed by atoms with van der Waals surface area (Å²) < 4.78 is 24.0. The van der Waals surface area contributed by atoms with Gasteiger partial charge in [0.15, 0.2) is 0 Å². The van der Waals surface area contributed by atoms with Gasteiger partial charge in [-0.1, -0.05) is 12.1 Å². The summed E-state index contributed by atoms with van der Waals surface area (Å²) in [6, 6.07) is 5.20. The molecule has 0 saturated carbocycles. The summed E-state index contributed by atoms with van der Waals surface area (Å²) in [5.41, 5.74) is 2.19. The van der Waals surface area contributed by atoms with Crippen molar-refractivity contribution >= 4 is 5.91 Å². The highest BCUT2D eigenvalue weighted by Crippen LogP contribution is 2.12. The van der Waals surface area contributed by atoms with Crippen LogP contribution >= 0.6 is 0 Å². The van der Waals surface area contributed by atoms with Crippen molar-refractivity contribution in [3.05, 3.63) is 34.9 Å². The van der Waals surface area contributed by atoms with Crippen LogP contribution in [0.3, 0.4) is 0 Å². The van der Waals surface area contributed by atoms with Crippen LogP contribution in [0.2, 0.25) is 0 Å². The van der Waals surface area contributed by atoms with Crippen molar-refractivity contribution < 1.29 is 18.7 Å². The molecule has 1 amide bonds. The third kappa shape index (κ3) is 3.49. The number of halogens is 2. The van der Waals surface area contributed by atoms with Crippen LogP contribution in [0.5, 0.6) is 0 Å². The molecule has 0 radical (unpaired) electrons. The van der Waals surface area contributed by atoms with Crippen molar-refractivity contribution in [2.75, 3.05) is 6.54 Å². The van der Waals surface area contributed by atoms with E-state index in [0.717, 1.165) is 11.1 Å². The molecule has 1 rings (SSSR count). The first-order chi connectivity index (χ1) is 7.93. The van der Waals surface area contributed by atoms with Crippen LogP contribution in [0.25, 0.3) is 0 Å². The van der Waals surface area contributed by atoms with E-state index in [1.807, 2.05) is 13.0 Å². The Balaban J connectivity index is 2.68. The molecule has 94 valence electrons. The van der Waals surface area contributed by atoms with Crippen LogP contribution in [0.1, 0.15) is 21.5 Å². The SMILES string of the molecule is Cc1cccc(C(=O)NCC(O)C(F)F)c1C. The predicted molar refractivity (Wildman–Crippen MR) is 60.3 cm³/mol. The van der Waals surface area contributed by atoms with Crippen molar-refractivity contribution in [1.82, 2.24) is 5.32 Å². The maximum atomic E-state index is 12.0. The van der Waals surface area contributed by atoms with Crippen molar-refractivity contribution in [2.45, 2.75) is 26.4 Å². The number of carbonyl (C=O) groups excluding carboxylic acids is 1. The van der Waals surface area contributed by atoms with Gasteiger partial charge in [-0.25, -0.2) is 8.78 Å². The second-order valence-electron chi connectivity index (χ2n) is 3.86. The highest BCUT2D eigenvalue weighted by molar-refractivity contribution is 5.95.